The van der Waals surface area contributed by atoms with Crippen LogP contribution in [0.1, 0.15) is 53.9 Å². The number of rotatable bonds is 2. The summed E-state index contributed by atoms with van der Waals surface area (Å²) in [7, 11) is 0. The summed E-state index contributed by atoms with van der Waals surface area (Å²) in [5.41, 5.74) is 2.20. The molecule has 1 atom stereocenters. The van der Waals surface area contributed by atoms with E-state index in [1.165, 1.54) is 17.4 Å². The minimum absolute atomic E-state index is 0.0532. The lowest BCUT2D eigenvalue weighted by Gasteiger charge is -2.45. The molecule has 1 fully saturated rings. The second-order valence-electron chi connectivity index (χ2n) is 9.96. The van der Waals surface area contributed by atoms with E-state index in [1.807, 2.05) is 36.4 Å². The molecule has 0 unspecified atom stereocenters. The molecular weight excluding hydrogens is 459 g/mol. The highest BCUT2D eigenvalue weighted by Gasteiger charge is 2.57. The van der Waals surface area contributed by atoms with Crippen LogP contribution in [0.25, 0.3) is 0 Å². The Morgan fingerprint density at radius 1 is 0.971 bits per heavy atom. The molecule has 35 heavy (non-hydrogen) atoms. The van der Waals surface area contributed by atoms with Gasteiger partial charge in [0, 0.05) is 17.3 Å². The number of carbonyl (C=O) groups is 1. The quantitative estimate of drug-likeness (QED) is 0.466. The predicted molar refractivity (Wildman–Crippen MR) is 120 cm³/mol. The smallest absolute Gasteiger partial charge is 0.449 e. The van der Waals surface area contributed by atoms with Gasteiger partial charge >= 0.3 is 6.18 Å². The molecule has 1 aliphatic carbocycles. The van der Waals surface area contributed by atoms with Gasteiger partial charge in [-0.25, -0.2) is 0 Å². The number of aryl methyl sites for hydroxylation is 1. The summed E-state index contributed by atoms with van der Waals surface area (Å²) in [6.07, 6.45) is 0.579. The van der Waals surface area contributed by atoms with Crippen molar-refractivity contribution in [2.75, 3.05) is 11.5 Å². The second-order valence-corrected chi connectivity index (χ2v) is 9.96. The van der Waals surface area contributed by atoms with Gasteiger partial charge in [-0.3, -0.25) is 4.79 Å². The molecule has 1 amide bonds. The Hall–Kier alpha value is -3.42. The second kappa shape index (κ2) is 6.83. The first-order valence-electron chi connectivity index (χ1n) is 11.9. The lowest BCUT2D eigenvalue weighted by molar-refractivity contribution is -0.153. The highest BCUT2D eigenvalue weighted by atomic mass is 19.4. The molecule has 0 N–H and O–H groups in total. The van der Waals surface area contributed by atoms with E-state index in [9.17, 15) is 18.0 Å². The average molecular weight is 481 g/mol. The molecular formula is C27H22F3NO4. The number of hydrogen-bond donors (Lipinski definition) is 0. The van der Waals surface area contributed by atoms with Crippen LogP contribution in [0.4, 0.5) is 18.9 Å². The number of halogens is 3. The SMILES string of the molecule is O=C1N(Cc2ccc(C(F)(F)F)o2)c2ccccc2[C@]12COc1cc3c(cc12)CCC1(CCC1)O3. The molecule has 2 aromatic carbocycles. The van der Waals surface area contributed by atoms with Crippen molar-refractivity contribution in [1.29, 1.82) is 0 Å². The van der Waals surface area contributed by atoms with Crippen LogP contribution in [0.3, 0.4) is 0 Å². The number of para-hydroxylation sites is 1. The third kappa shape index (κ3) is 2.85. The van der Waals surface area contributed by atoms with E-state index in [4.69, 9.17) is 13.9 Å². The van der Waals surface area contributed by atoms with Crippen LogP contribution in [-0.2, 0) is 29.4 Å². The van der Waals surface area contributed by atoms with E-state index in [0.717, 1.165) is 54.2 Å². The number of fused-ring (bicyclic) bond motifs is 5. The summed E-state index contributed by atoms with van der Waals surface area (Å²) < 4.78 is 56.7. The number of ether oxygens (including phenoxy) is 2. The van der Waals surface area contributed by atoms with Crippen LogP contribution < -0.4 is 14.4 Å². The fourth-order valence-corrected chi connectivity index (χ4v) is 6.04. The number of anilines is 1. The maximum Gasteiger partial charge on any atom is 0.449 e. The standard InChI is InChI=1S/C27H22F3NO4/c28-27(29,30)23-7-6-17(34-23)14-31-20-5-2-1-4-18(20)26(24(31)32)15-33-22-13-21-16(12-19(22)26)8-11-25(35-21)9-3-10-25/h1-2,4-7,12-13H,3,8-11,14-15H2/t26-/m0/s1. The number of hydrogen-bond acceptors (Lipinski definition) is 4. The van der Waals surface area contributed by atoms with Crippen molar-refractivity contribution >= 4 is 11.6 Å². The number of amides is 1. The minimum Gasteiger partial charge on any atom is -0.491 e. The number of carbonyl (C=O) groups excluding carboxylic acids is 1. The van der Waals surface area contributed by atoms with Gasteiger partial charge in [0.1, 0.15) is 34.9 Å². The average Bonchev–Trinajstić information content (AvgIpc) is 3.50. The molecule has 7 rings (SSSR count). The van der Waals surface area contributed by atoms with Crippen LogP contribution >= 0.6 is 0 Å². The van der Waals surface area contributed by atoms with E-state index < -0.39 is 17.4 Å². The third-order valence-electron chi connectivity index (χ3n) is 8.03. The van der Waals surface area contributed by atoms with Gasteiger partial charge in [0.05, 0.1) is 6.54 Å². The summed E-state index contributed by atoms with van der Waals surface area (Å²) in [5.74, 6) is 0.225. The largest absolute Gasteiger partial charge is 0.491 e. The molecule has 0 bridgehead atoms. The first kappa shape index (κ1) is 20.9. The van der Waals surface area contributed by atoms with Crippen LogP contribution in [0.5, 0.6) is 11.5 Å². The Balaban J connectivity index is 1.29. The first-order valence-corrected chi connectivity index (χ1v) is 11.9. The van der Waals surface area contributed by atoms with Crippen LogP contribution in [0.15, 0.2) is 52.9 Å². The minimum atomic E-state index is -4.58. The number of benzene rings is 2. The molecule has 2 spiro atoms. The van der Waals surface area contributed by atoms with Gasteiger partial charge in [-0.15, -0.1) is 0 Å². The maximum absolute atomic E-state index is 14.0. The van der Waals surface area contributed by atoms with Crippen molar-refractivity contribution in [2.45, 2.75) is 55.8 Å². The summed E-state index contributed by atoms with van der Waals surface area (Å²) in [6.45, 7) is 0.0360. The third-order valence-corrected chi connectivity index (χ3v) is 8.03. The van der Waals surface area contributed by atoms with E-state index in [0.29, 0.717) is 11.4 Å². The maximum atomic E-state index is 14.0. The van der Waals surface area contributed by atoms with Crippen LogP contribution in [0.2, 0.25) is 0 Å². The van der Waals surface area contributed by atoms with Gasteiger partial charge in [-0.05, 0) is 67.5 Å². The van der Waals surface area contributed by atoms with Crippen molar-refractivity contribution < 1.29 is 31.9 Å². The van der Waals surface area contributed by atoms with E-state index in [-0.39, 0.29) is 30.4 Å². The molecule has 1 aromatic heterocycles. The first-order chi connectivity index (χ1) is 16.8. The Morgan fingerprint density at radius 2 is 1.80 bits per heavy atom. The van der Waals surface area contributed by atoms with E-state index >= 15 is 0 Å². The highest BCUT2D eigenvalue weighted by molar-refractivity contribution is 6.11. The number of furan rings is 1. The van der Waals surface area contributed by atoms with Gasteiger partial charge in [-0.1, -0.05) is 18.2 Å². The zero-order valence-corrected chi connectivity index (χ0v) is 18.8. The zero-order chi connectivity index (χ0) is 24.0. The molecule has 5 nitrogen and oxygen atoms in total. The number of nitrogens with zero attached hydrogens (tertiary/aromatic N) is 1. The Bertz CT molecular complexity index is 1370. The van der Waals surface area contributed by atoms with E-state index in [1.54, 1.807) is 0 Å². The molecule has 4 heterocycles. The molecule has 3 aromatic rings. The predicted octanol–water partition coefficient (Wildman–Crippen LogP) is 5.77. The zero-order valence-electron chi connectivity index (χ0n) is 18.8. The fraction of sp³-hybridized carbons (Fsp3) is 0.370. The Labute approximate surface area is 199 Å². The van der Waals surface area contributed by atoms with Crippen molar-refractivity contribution in [3.8, 4) is 11.5 Å². The van der Waals surface area contributed by atoms with Crippen molar-refractivity contribution in [1.82, 2.24) is 0 Å². The van der Waals surface area contributed by atoms with Crippen molar-refractivity contribution in [2.24, 2.45) is 0 Å². The van der Waals surface area contributed by atoms with Crippen LogP contribution in [0, 0.1) is 0 Å². The van der Waals surface area contributed by atoms with Crippen molar-refractivity contribution in [3.05, 3.63) is 76.7 Å². The molecule has 1 saturated carbocycles. The summed E-state index contributed by atoms with van der Waals surface area (Å²) >= 11 is 0. The number of alkyl halides is 3. The van der Waals surface area contributed by atoms with Gasteiger partial charge < -0.3 is 18.8 Å². The van der Waals surface area contributed by atoms with Gasteiger partial charge in [0.25, 0.3) is 0 Å². The van der Waals surface area contributed by atoms with Gasteiger partial charge in [0.15, 0.2) is 0 Å². The Morgan fingerprint density at radius 3 is 2.54 bits per heavy atom. The fourth-order valence-electron chi connectivity index (χ4n) is 6.04. The molecule has 180 valence electrons. The Kier molecular flexibility index (Phi) is 4.08. The van der Waals surface area contributed by atoms with Crippen LogP contribution in [-0.4, -0.2) is 18.1 Å². The summed E-state index contributed by atoms with van der Waals surface area (Å²) in [5, 5.41) is 0. The summed E-state index contributed by atoms with van der Waals surface area (Å²) in [6, 6.07) is 13.5. The molecule has 0 radical (unpaired) electrons. The summed E-state index contributed by atoms with van der Waals surface area (Å²) in [4.78, 5) is 15.5. The molecule has 4 aliphatic rings. The molecule has 0 saturated heterocycles. The molecule has 8 heteroatoms. The normalized spacial score (nSPS) is 23.5. The van der Waals surface area contributed by atoms with Gasteiger partial charge in [-0.2, -0.15) is 13.2 Å². The topological polar surface area (TPSA) is 51.9 Å². The highest BCUT2D eigenvalue weighted by Crippen LogP contribution is 2.55. The molecule has 3 aliphatic heterocycles. The van der Waals surface area contributed by atoms with Gasteiger partial charge in [0.2, 0.25) is 11.7 Å². The monoisotopic (exact) mass is 481 g/mol. The van der Waals surface area contributed by atoms with E-state index in [2.05, 4.69) is 0 Å². The van der Waals surface area contributed by atoms with Crippen molar-refractivity contribution in [3.63, 3.8) is 0 Å². The lowest BCUT2D eigenvalue weighted by Crippen LogP contribution is -2.45. The lowest BCUT2D eigenvalue weighted by atomic mass is 9.73.